The van der Waals surface area contributed by atoms with Gasteiger partial charge in [0.2, 0.25) is 5.91 Å². The number of amides is 1. The Morgan fingerprint density at radius 2 is 2.41 bits per heavy atom. The SMILES string of the molecule is CC(NC(=O)[C@H]1CCCN1)c1cccc(Br)c1. The van der Waals surface area contributed by atoms with Crippen LogP contribution >= 0.6 is 15.9 Å². The molecule has 1 amide bonds. The molecule has 0 bridgehead atoms. The van der Waals surface area contributed by atoms with E-state index in [1.54, 1.807) is 0 Å². The van der Waals surface area contributed by atoms with Gasteiger partial charge in [-0.25, -0.2) is 0 Å². The Bertz CT molecular complexity index is 402. The fourth-order valence-electron chi connectivity index (χ4n) is 2.08. The Labute approximate surface area is 110 Å². The van der Waals surface area contributed by atoms with Crippen LogP contribution in [-0.2, 0) is 4.79 Å². The Kier molecular flexibility index (Phi) is 4.18. The highest BCUT2D eigenvalue weighted by Crippen LogP contribution is 2.18. The number of hydrogen-bond donors (Lipinski definition) is 2. The Morgan fingerprint density at radius 3 is 3.06 bits per heavy atom. The Balaban J connectivity index is 1.96. The quantitative estimate of drug-likeness (QED) is 0.899. The lowest BCUT2D eigenvalue weighted by Crippen LogP contribution is -2.41. The average molecular weight is 297 g/mol. The molecule has 1 saturated heterocycles. The molecule has 2 N–H and O–H groups in total. The highest BCUT2D eigenvalue weighted by Gasteiger charge is 2.23. The summed E-state index contributed by atoms with van der Waals surface area (Å²) in [7, 11) is 0. The van der Waals surface area contributed by atoms with Crippen LogP contribution in [0.4, 0.5) is 0 Å². The van der Waals surface area contributed by atoms with Crippen molar-refractivity contribution in [2.24, 2.45) is 0 Å². The molecule has 1 aromatic carbocycles. The van der Waals surface area contributed by atoms with Crippen molar-refractivity contribution < 1.29 is 4.79 Å². The molecule has 1 heterocycles. The maximum absolute atomic E-state index is 11.9. The minimum atomic E-state index is -0.00963. The van der Waals surface area contributed by atoms with E-state index in [0.717, 1.165) is 29.4 Å². The van der Waals surface area contributed by atoms with E-state index in [2.05, 4.69) is 26.6 Å². The van der Waals surface area contributed by atoms with Crippen molar-refractivity contribution in [1.82, 2.24) is 10.6 Å². The number of rotatable bonds is 3. The van der Waals surface area contributed by atoms with Gasteiger partial charge in [0.25, 0.3) is 0 Å². The van der Waals surface area contributed by atoms with Gasteiger partial charge in [-0.15, -0.1) is 0 Å². The third-order valence-electron chi connectivity index (χ3n) is 3.08. The lowest BCUT2D eigenvalue weighted by Gasteiger charge is -2.17. The lowest BCUT2D eigenvalue weighted by molar-refractivity contribution is -0.123. The van der Waals surface area contributed by atoms with Crippen LogP contribution in [0.15, 0.2) is 28.7 Å². The minimum Gasteiger partial charge on any atom is -0.348 e. The van der Waals surface area contributed by atoms with E-state index in [0.29, 0.717) is 0 Å². The maximum Gasteiger partial charge on any atom is 0.237 e. The summed E-state index contributed by atoms with van der Waals surface area (Å²) in [6.45, 7) is 2.96. The molecule has 1 aliphatic rings. The molecule has 2 atom stereocenters. The Morgan fingerprint density at radius 1 is 1.59 bits per heavy atom. The van der Waals surface area contributed by atoms with Gasteiger partial charge < -0.3 is 10.6 Å². The van der Waals surface area contributed by atoms with E-state index in [9.17, 15) is 4.79 Å². The van der Waals surface area contributed by atoms with Crippen LogP contribution in [0, 0.1) is 0 Å². The van der Waals surface area contributed by atoms with Crippen molar-refractivity contribution >= 4 is 21.8 Å². The molecule has 0 saturated carbocycles. The summed E-state index contributed by atoms with van der Waals surface area (Å²) in [5.41, 5.74) is 1.12. The second-order valence-electron chi connectivity index (χ2n) is 4.43. The van der Waals surface area contributed by atoms with Gasteiger partial charge >= 0.3 is 0 Å². The first-order valence-corrected chi connectivity index (χ1v) is 6.75. The summed E-state index contributed by atoms with van der Waals surface area (Å²) in [5, 5.41) is 6.25. The summed E-state index contributed by atoms with van der Waals surface area (Å²) in [4.78, 5) is 11.9. The van der Waals surface area contributed by atoms with Gasteiger partial charge in [-0.2, -0.15) is 0 Å². The van der Waals surface area contributed by atoms with Crippen molar-refractivity contribution in [2.75, 3.05) is 6.54 Å². The van der Waals surface area contributed by atoms with Crippen LogP contribution in [0.25, 0.3) is 0 Å². The molecular formula is C13H17BrN2O. The van der Waals surface area contributed by atoms with Crippen molar-refractivity contribution in [3.8, 4) is 0 Å². The van der Waals surface area contributed by atoms with Crippen molar-refractivity contribution in [2.45, 2.75) is 31.8 Å². The monoisotopic (exact) mass is 296 g/mol. The fraction of sp³-hybridized carbons (Fsp3) is 0.462. The van der Waals surface area contributed by atoms with Crippen molar-refractivity contribution in [1.29, 1.82) is 0 Å². The van der Waals surface area contributed by atoms with E-state index in [1.165, 1.54) is 0 Å². The number of carbonyl (C=O) groups excluding carboxylic acids is 1. The van der Waals surface area contributed by atoms with Gasteiger partial charge in [-0.3, -0.25) is 4.79 Å². The molecule has 17 heavy (non-hydrogen) atoms. The third kappa shape index (κ3) is 3.30. The second-order valence-corrected chi connectivity index (χ2v) is 5.35. The van der Waals surface area contributed by atoms with Gasteiger partial charge in [0.1, 0.15) is 0 Å². The van der Waals surface area contributed by atoms with Crippen LogP contribution in [0.2, 0.25) is 0 Å². The summed E-state index contributed by atoms with van der Waals surface area (Å²) >= 11 is 3.44. The fourth-order valence-corrected chi connectivity index (χ4v) is 2.50. The first-order chi connectivity index (χ1) is 8.16. The number of benzene rings is 1. The van der Waals surface area contributed by atoms with E-state index in [1.807, 2.05) is 31.2 Å². The van der Waals surface area contributed by atoms with E-state index in [-0.39, 0.29) is 18.0 Å². The summed E-state index contributed by atoms with van der Waals surface area (Å²) in [6.07, 6.45) is 2.03. The maximum atomic E-state index is 11.9. The molecule has 3 nitrogen and oxygen atoms in total. The van der Waals surface area contributed by atoms with Crippen molar-refractivity contribution in [3.05, 3.63) is 34.3 Å². The molecule has 0 aromatic heterocycles. The standard InChI is InChI=1S/C13H17BrN2O/c1-9(10-4-2-5-11(14)8-10)16-13(17)12-6-3-7-15-12/h2,4-5,8-9,12,15H,3,6-7H2,1H3,(H,16,17)/t9?,12-/m1/s1. The number of hydrogen-bond acceptors (Lipinski definition) is 2. The molecule has 1 aromatic rings. The van der Waals surface area contributed by atoms with E-state index in [4.69, 9.17) is 0 Å². The van der Waals surface area contributed by atoms with Gasteiger partial charge in [0.15, 0.2) is 0 Å². The predicted octanol–water partition coefficient (Wildman–Crippen LogP) is 2.38. The molecule has 1 aliphatic heterocycles. The molecule has 0 radical (unpaired) electrons. The number of carbonyl (C=O) groups is 1. The van der Waals surface area contributed by atoms with Gasteiger partial charge in [-0.05, 0) is 44.0 Å². The number of nitrogens with one attached hydrogen (secondary N) is 2. The zero-order valence-electron chi connectivity index (χ0n) is 9.87. The molecule has 92 valence electrons. The van der Waals surface area contributed by atoms with Crippen LogP contribution in [0.5, 0.6) is 0 Å². The third-order valence-corrected chi connectivity index (χ3v) is 3.58. The lowest BCUT2D eigenvalue weighted by atomic mass is 10.1. The predicted molar refractivity (Wildman–Crippen MR) is 71.7 cm³/mol. The summed E-state index contributed by atoms with van der Waals surface area (Å²) in [6, 6.07) is 8.06. The zero-order valence-corrected chi connectivity index (χ0v) is 11.5. The molecule has 0 spiro atoms. The molecule has 1 unspecified atom stereocenters. The molecular weight excluding hydrogens is 280 g/mol. The van der Waals surface area contributed by atoms with E-state index < -0.39 is 0 Å². The largest absolute Gasteiger partial charge is 0.348 e. The first-order valence-electron chi connectivity index (χ1n) is 5.96. The molecule has 1 fully saturated rings. The smallest absolute Gasteiger partial charge is 0.237 e. The average Bonchev–Trinajstić information content (AvgIpc) is 2.82. The highest BCUT2D eigenvalue weighted by atomic mass is 79.9. The summed E-state index contributed by atoms with van der Waals surface area (Å²) in [5.74, 6) is 0.106. The van der Waals surface area contributed by atoms with Crippen LogP contribution < -0.4 is 10.6 Å². The van der Waals surface area contributed by atoms with E-state index >= 15 is 0 Å². The van der Waals surface area contributed by atoms with Crippen LogP contribution in [0.1, 0.15) is 31.4 Å². The van der Waals surface area contributed by atoms with Gasteiger partial charge in [-0.1, -0.05) is 28.1 Å². The molecule has 2 rings (SSSR count). The van der Waals surface area contributed by atoms with Crippen LogP contribution in [-0.4, -0.2) is 18.5 Å². The number of halogens is 1. The second kappa shape index (κ2) is 5.65. The molecule has 0 aliphatic carbocycles. The van der Waals surface area contributed by atoms with Crippen LogP contribution in [0.3, 0.4) is 0 Å². The summed E-state index contributed by atoms with van der Waals surface area (Å²) < 4.78 is 1.04. The Hall–Kier alpha value is -0.870. The highest BCUT2D eigenvalue weighted by molar-refractivity contribution is 9.10. The van der Waals surface area contributed by atoms with Gasteiger partial charge in [0.05, 0.1) is 12.1 Å². The topological polar surface area (TPSA) is 41.1 Å². The van der Waals surface area contributed by atoms with Gasteiger partial charge in [0, 0.05) is 4.47 Å². The zero-order chi connectivity index (χ0) is 12.3. The first kappa shape index (κ1) is 12.6. The minimum absolute atomic E-state index is 0.00963. The van der Waals surface area contributed by atoms with Crippen molar-refractivity contribution in [3.63, 3.8) is 0 Å². The normalized spacial score (nSPS) is 21.2. The molecule has 4 heteroatoms.